The van der Waals surface area contributed by atoms with Crippen molar-refractivity contribution in [1.29, 1.82) is 0 Å². The molecule has 3 aliphatic rings. The van der Waals surface area contributed by atoms with Crippen molar-refractivity contribution in [3.05, 3.63) is 48.6 Å². The van der Waals surface area contributed by atoms with E-state index in [4.69, 9.17) is 4.74 Å². The first-order chi connectivity index (χ1) is 9.68. The van der Waals surface area contributed by atoms with Crippen LogP contribution in [0.2, 0.25) is 0 Å². The normalized spacial score (nSPS) is 32.6. The van der Waals surface area contributed by atoms with Gasteiger partial charge in [0.2, 0.25) is 0 Å². The maximum Gasteiger partial charge on any atom is 0.189 e. The molecule has 1 fully saturated rings. The van der Waals surface area contributed by atoms with Crippen molar-refractivity contribution in [2.45, 2.75) is 22.3 Å². The second-order valence-corrected chi connectivity index (χ2v) is 7.42. The molecule has 1 saturated heterocycles. The first-order valence-corrected chi connectivity index (χ1v) is 8.29. The van der Waals surface area contributed by atoms with Crippen LogP contribution in [0.5, 0.6) is 0 Å². The summed E-state index contributed by atoms with van der Waals surface area (Å²) >= 11 is 0. The minimum absolute atomic E-state index is 0.135. The van der Waals surface area contributed by atoms with Gasteiger partial charge in [0.05, 0.1) is 29.3 Å². The van der Waals surface area contributed by atoms with E-state index in [-0.39, 0.29) is 12.1 Å². The van der Waals surface area contributed by atoms with Crippen LogP contribution >= 0.6 is 0 Å². The number of rotatable bonds is 2. The zero-order chi connectivity index (χ0) is 13.7. The maximum atomic E-state index is 12.7. The van der Waals surface area contributed by atoms with Gasteiger partial charge in [-0.05, 0) is 12.1 Å². The molecule has 0 aromatic heterocycles. The fourth-order valence-electron chi connectivity index (χ4n) is 3.00. The second-order valence-electron chi connectivity index (χ2n) is 5.35. The SMILES string of the molecule is O=S1(=O)c2ccccc2N(CC2CO2)C2C=CC=CC21. The third-order valence-electron chi connectivity index (χ3n) is 4.06. The molecule has 20 heavy (non-hydrogen) atoms. The highest BCUT2D eigenvalue weighted by molar-refractivity contribution is 7.92. The van der Waals surface area contributed by atoms with Gasteiger partial charge < -0.3 is 9.64 Å². The lowest BCUT2D eigenvalue weighted by atomic mass is 10.0. The third kappa shape index (κ3) is 1.73. The van der Waals surface area contributed by atoms with Crippen LogP contribution in [0.1, 0.15) is 0 Å². The molecule has 2 heterocycles. The van der Waals surface area contributed by atoms with E-state index in [0.29, 0.717) is 4.90 Å². The van der Waals surface area contributed by atoms with Crippen molar-refractivity contribution in [2.75, 3.05) is 18.1 Å². The van der Waals surface area contributed by atoms with Crippen LogP contribution in [0.15, 0.2) is 53.5 Å². The Morgan fingerprint density at radius 1 is 1.20 bits per heavy atom. The zero-order valence-corrected chi connectivity index (χ0v) is 11.7. The Morgan fingerprint density at radius 3 is 2.75 bits per heavy atom. The van der Waals surface area contributed by atoms with Crippen LogP contribution in [0.3, 0.4) is 0 Å². The number of benzene rings is 1. The number of sulfone groups is 1. The van der Waals surface area contributed by atoms with Gasteiger partial charge in [0.1, 0.15) is 5.25 Å². The lowest BCUT2D eigenvalue weighted by Gasteiger charge is -2.41. The monoisotopic (exact) mass is 289 g/mol. The third-order valence-corrected chi connectivity index (χ3v) is 6.17. The van der Waals surface area contributed by atoms with E-state index in [1.54, 1.807) is 18.2 Å². The predicted molar refractivity (Wildman–Crippen MR) is 76.6 cm³/mol. The number of allylic oxidation sites excluding steroid dienone is 2. The first kappa shape index (κ1) is 12.2. The summed E-state index contributed by atoms with van der Waals surface area (Å²) in [6.07, 6.45) is 7.73. The van der Waals surface area contributed by atoms with Gasteiger partial charge in [0.25, 0.3) is 0 Å². The van der Waals surface area contributed by atoms with Crippen molar-refractivity contribution in [3.63, 3.8) is 0 Å². The molecule has 0 saturated carbocycles. The van der Waals surface area contributed by atoms with Gasteiger partial charge in [-0.25, -0.2) is 8.42 Å². The van der Waals surface area contributed by atoms with E-state index < -0.39 is 15.1 Å². The number of hydrogen-bond donors (Lipinski definition) is 0. The average Bonchev–Trinajstić information content (AvgIpc) is 3.28. The van der Waals surface area contributed by atoms with Crippen LogP contribution in [-0.2, 0) is 14.6 Å². The molecule has 3 atom stereocenters. The van der Waals surface area contributed by atoms with E-state index in [0.717, 1.165) is 18.8 Å². The number of epoxide rings is 1. The molecule has 1 aliphatic carbocycles. The molecular formula is C15H15NO3S. The number of ether oxygens (including phenoxy) is 1. The van der Waals surface area contributed by atoms with Gasteiger partial charge in [-0.15, -0.1) is 0 Å². The highest BCUT2D eigenvalue weighted by Gasteiger charge is 2.44. The van der Waals surface area contributed by atoms with Gasteiger partial charge in [-0.1, -0.05) is 36.4 Å². The molecule has 2 aliphatic heterocycles. The Hall–Kier alpha value is -1.59. The summed E-state index contributed by atoms with van der Waals surface area (Å²) in [5.74, 6) is 0. The first-order valence-electron chi connectivity index (χ1n) is 6.74. The largest absolute Gasteiger partial charge is 0.371 e. The van der Waals surface area contributed by atoms with Crippen LogP contribution in [0.25, 0.3) is 0 Å². The molecule has 4 nitrogen and oxygen atoms in total. The summed E-state index contributed by atoms with van der Waals surface area (Å²) in [6, 6.07) is 7.12. The fraction of sp³-hybridized carbons (Fsp3) is 0.333. The van der Waals surface area contributed by atoms with Crippen molar-refractivity contribution in [2.24, 2.45) is 0 Å². The summed E-state index contributed by atoms with van der Waals surface area (Å²) in [6.45, 7) is 1.51. The Bertz CT molecular complexity index is 704. The number of hydrogen-bond acceptors (Lipinski definition) is 4. The van der Waals surface area contributed by atoms with Gasteiger partial charge in [0, 0.05) is 6.54 Å². The Balaban J connectivity index is 1.89. The van der Waals surface area contributed by atoms with E-state index in [1.165, 1.54) is 0 Å². The summed E-state index contributed by atoms with van der Waals surface area (Å²) < 4.78 is 30.8. The number of fused-ring (bicyclic) bond motifs is 2. The topological polar surface area (TPSA) is 49.9 Å². The molecule has 1 aromatic rings. The molecule has 0 spiro atoms. The van der Waals surface area contributed by atoms with E-state index >= 15 is 0 Å². The molecule has 4 rings (SSSR count). The zero-order valence-electron chi connectivity index (χ0n) is 10.8. The predicted octanol–water partition coefficient (Wildman–Crippen LogP) is 1.54. The van der Waals surface area contributed by atoms with Crippen LogP contribution < -0.4 is 4.90 Å². The van der Waals surface area contributed by atoms with E-state index in [1.807, 2.05) is 30.4 Å². The summed E-state index contributed by atoms with van der Waals surface area (Å²) in [4.78, 5) is 2.60. The number of para-hydroxylation sites is 1. The smallest absolute Gasteiger partial charge is 0.189 e. The molecule has 104 valence electrons. The molecule has 0 amide bonds. The Morgan fingerprint density at radius 2 is 1.95 bits per heavy atom. The molecule has 5 heteroatoms. The molecule has 0 bridgehead atoms. The minimum atomic E-state index is -3.31. The number of nitrogens with zero attached hydrogens (tertiary/aromatic N) is 1. The van der Waals surface area contributed by atoms with Gasteiger partial charge in [-0.2, -0.15) is 0 Å². The quantitative estimate of drug-likeness (QED) is 0.775. The van der Waals surface area contributed by atoms with Crippen molar-refractivity contribution >= 4 is 15.5 Å². The summed E-state index contributed by atoms with van der Waals surface area (Å²) in [7, 11) is -3.31. The van der Waals surface area contributed by atoms with Gasteiger partial charge in [-0.3, -0.25) is 0 Å². The van der Waals surface area contributed by atoms with Gasteiger partial charge >= 0.3 is 0 Å². The van der Waals surface area contributed by atoms with Crippen LogP contribution in [0.4, 0.5) is 5.69 Å². The number of anilines is 1. The fourth-order valence-corrected chi connectivity index (χ4v) is 4.94. The summed E-state index contributed by atoms with van der Waals surface area (Å²) in [5.41, 5.74) is 0.796. The lowest BCUT2D eigenvalue weighted by Crippen LogP contribution is -2.51. The van der Waals surface area contributed by atoms with Gasteiger partial charge in [0.15, 0.2) is 9.84 Å². The standard InChI is InChI=1S/C15H15NO3S/c17-20(18)14-7-3-1-5-12(14)16(9-11-10-19-11)13-6-2-4-8-15(13)20/h1-8,11-12,14H,9-10H2. The minimum Gasteiger partial charge on any atom is -0.371 e. The highest BCUT2D eigenvalue weighted by atomic mass is 32.2. The van der Waals surface area contributed by atoms with E-state index in [2.05, 4.69) is 4.90 Å². The molecule has 0 radical (unpaired) electrons. The maximum absolute atomic E-state index is 12.7. The van der Waals surface area contributed by atoms with Crippen molar-refractivity contribution < 1.29 is 13.2 Å². The van der Waals surface area contributed by atoms with E-state index in [9.17, 15) is 8.42 Å². The molecule has 0 N–H and O–H groups in total. The Labute approximate surface area is 118 Å². The molecule has 3 unspecified atom stereocenters. The summed E-state index contributed by atoms with van der Waals surface area (Å²) in [5, 5.41) is -0.499. The van der Waals surface area contributed by atoms with Crippen LogP contribution in [0, 0.1) is 0 Å². The molecular weight excluding hydrogens is 274 g/mol. The van der Waals surface area contributed by atoms with Crippen LogP contribution in [-0.4, -0.2) is 39.0 Å². The van der Waals surface area contributed by atoms with Crippen molar-refractivity contribution in [1.82, 2.24) is 0 Å². The lowest BCUT2D eigenvalue weighted by molar-refractivity contribution is 0.402. The highest BCUT2D eigenvalue weighted by Crippen LogP contribution is 2.39. The molecule has 1 aromatic carbocycles. The Kier molecular flexibility index (Phi) is 2.56. The van der Waals surface area contributed by atoms with Crippen molar-refractivity contribution in [3.8, 4) is 0 Å². The average molecular weight is 289 g/mol. The second kappa shape index (κ2) is 4.20.